The Balaban J connectivity index is 1.64. The van der Waals surface area contributed by atoms with Crippen LogP contribution >= 0.6 is 0 Å². The second-order valence-electron chi connectivity index (χ2n) is 6.20. The van der Waals surface area contributed by atoms with Gasteiger partial charge < -0.3 is 9.47 Å². The average Bonchev–Trinajstić information content (AvgIpc) is 3.09. The lowest BCUT2D eigenvalue weighted by Gasteiger charge is -2.27. The summed E-state index contributed by atoms with van der Waals surface area (Å²) in [5, 5.41) is 0. The van der Waals surface area contributed by atoms with Gasteiger partial charge in [-0.25, -0.2) is 13.1 Å². The molecule has 0 spiro atoms. The molecule has 0 amide bonds. The van der Waals surface area contributed by atoms with Gasteiger partial charge in [-0.1, -0.05) is 0 Å². The molecule has 1 saturated heterocycles. The van der Waals surface area contributed by atoms with Gasteiger partial charge in [-0.15, -0.1) is 0 Å². The number of nitrogens with one attached hydrogen (secondary N) is 1. The van der Waals surface area contributed by atoms with Gasteiger partial charge in [-0.3, -0.25) is 14.8 Å². The number of hydrogen-bond acceptors (Lipinski definition) is 7. The first-order valence-electron chi connectivity index (χ1n) is 7.33. The minimum Gasteiger partial charge on any atom is -0.469 e. The molecule has 2 aliphatic rings. The first-order chi connectivity index (χ1) is 10.9. The van der Waals surface area contributed by atoms with Crippen molar-refractivity contribution in [1.82, 2.24) is 14.7 Å². The summed E-state index contributed by atoms with van der Waals surface area (Å²) in [7, 11) is -2.22. The van der Waals surface area contributed by atoms with Crippen molar-refractivity contribution in [1.29, 1.82) is 0 Å². The number of carbonyl (C=O) groups is 1. The van der Waals surface area contributed by atoms with Crippen LogP contribution in [0.15, 0.2) is 18.6 Å². The monoisotopic (exact) mass is 341 g/mol. The Morgan fingerprint density at radius 2 is 2.26 bits per heavy atom. The highest BCUT2D eigenvalue weighted by molar-refractivity contribution is 7.89. The number of aromatic nitrogens is 2. The van der Waals surface area contributed by atoms with Crippen LogP contribution in [0.3, 0.4) is 0 Å². The van der Waals surface area contributed by atoms with Crippen molar-refractivity contribution in [3.8, 4) is 0 Å². The second-order valence-corrected chi connectivity index (χ2v) is 8.00. The predicted octanol–water partition coefficient (Wildman–Crippen LogP) is 0.00830. The normalized spacial score (nSPS) is 29.6. The number of sulfonamides is 1. The Hall–Kier alpha value is -1.58. The number of nitrogens with zero attached hydrogens (tertiary/aromatic N) is 2. The lowest BCUT2D eigenvalue weighted by molar-refractivity contribution is -0.154. The van der Waals surface area contributed by atoms with Crippen molar-refractivity contribution in [3.63, 3.8) is 0 Å². The zero-order valence-electron chi connectivity index (χ0n) is 12.8. The molecule has 2 heterocycles. The molecule has 126 valence electrons. The van der Waals surface area contributed by atoms with Crippen molar-refractivity contribution < 1.29 is 22.7 Å². The molecule has 8 nitrogen and oxygen atoms in total. The Bertz CT molecular complexity index is 684. The van der Waals surface area contributed by atoms with Gasteiger partial charge in [0, 0.05) is 18.6 Å². The van der Waals surface area contributed by atoms with Gasteiger partial charge in [0.05, 0.1) is 42.7 Å². The number of esters is 1. The minimum absolute atomic E-state index is 0.0778. The number of methoxy groups -OCH3 is 1. The van der Waals surface area contributed by atoms with E-state index < -0.39 is 21.0 Å². The molecule has 2 fully saturated rings. The van der Waals surface area contributed by atoms with Gasteiger partial charge in [-0.05, 0) is 19.3 Å². The highest BCUT2D eigenvalue weighted by Gasteiger charge is 2.61. The topological polar surface area (TPSA) is 107 Å². The van der Waals surface area contributed by atoms with E-state index in [2.05, 4.69) is 14.7 Å². The summed E-state index contributed by atoms with van der Waals surface area (Å²) in [6.07, 6.45) is 6.05. The molecule has 23 heavy (non-hydrogen) atoms. The maximum Gasteiger partial charge on any atom is 0.314 e. The summed E-state index contributed by atoms with van der Waals surface area (Å²) in [5.41, 5.74) is -0.950. The first-order valence-corrected chi connectivity index (χ1v) is 8.99. The molecule has 2 bridgehead atoms. The molecule has 2 atom stereocenters. The number of ether oxygens (including phenoxy) is 2. The van der Waals surface area contributed by atoms with E-state index in [9.17, 15) is 13.2 Å². The third-order valence-corrected chi connectivity index (χ3v) is 6.03. The molecule has 1 aliphatic heterocycles. The molecule has 3 rings (SSSR count). The Kier molecular flexibility index (Phi) is 4.11. The summed E-state index contributed by atoms with van der Waals surface area (Å²) in [6.45, 7) is 0.299. The van der Waals surface area contributed by atoms with E-state index in [1.807, 2.05) is 0 Å². The quantitative estimate of drug-likeness (QED) is 0.726. The van der Waals surface area contributed by atoms with Gasteiger partial charge >= 0.3 is 5.97 Å². The van der Waals surface area contributed by atoms with Gasteiger partial charge in [0.25, 0.3) is 0 Å². The maximum absolute atomic E-state index is 12.3. The van der Waals surface area contributed by atoms with Crippen LogP contribution in [0.25, 0.3) is 0 Å². The molecular formula is C14H19N3O5S. The first kappa shape index (κ1) is 16.3. The van der Waals surface area contributed by atoms with E-state index >= 15 is 0 Å². The highest BCUT2D eigenvalue weighted by Crippen LogP contribution is 2.53. The smallest absolute Gasteiger partial charge is 0.314 e. The largest absolute Gasteiger partial charge is 0.469 e. The fourth-order valence-electron chi connectivity index (χ4n) is 3.42. The number of carbonyl (C=O) groups excluding carboxylic acids is 1. The molecular weight excluding hydrogens is 322 g/mol. The van der Waals surface area contributed by atoms with E-state index in [-0.39, 0.29) is 24.9 Å². The zero-order valence-corrected chi connectivity index (χ0v) is 13.6. The van der Waals surface area contributed by atoms with Crippen molar-refractivity contribution in [2.24, 2.45) is 5.41 Å². The van der Waals surface area contributed by atoms with Crippen LogP contribution < -0.4 is 4.72 Å². The average molecular weight is 341 g/mol. The van der Waals surface area contributed by atoms with Crippen LogP contribution in [0.2, 0.25) is 0 Å². The SMILES string of the molecule is COC(=O)C12CCC(CS(=O)(=O)NCc3cnccn3)(C1)OC2. The molecule has 1 aliphatic carbocycles. The van der Waals surface area contributed by atoms with E-state index in [1.54, 1.807) is 0 Å². The van der Waals surface area contributed by atoms with E-state index in [0.29, 0.717) is 25.0 Å². The van der Waals surface area contributed by atoms with E-state index in [0.717, 1.165) is 0 Å². The Labute approximate surface area is 134 Å². The fraction of sp³-hybridized carbons (Fsp3) is 0.643. The van der Waals surface area contributed by atoms with Crippen LogP contribution in [-0.4, -0.2) is 49.4 Å². The van der Waals surface area contributed by atoms with Crippen molar-refractivity contribution in [3.05, 3.63) is 24.3 Å². The van der Waals surface area contributed by atoms with Crippen molar-refractivity contribution in [2.75, 3.05) is 19.5 Å². The Morgan fingerprint density at radius 3 is 2.87 bits per heavy atom. The number of hydrogen-bond donors (Lipinski definition) is 1. The molecule has 0 radical (unpaired) electrons. The van der Waals surface area contributed by atoms with Gasteiger partial charge in [0.15, 0.2) is 0 Å². The zero-order chi connectivity index (χ0) is 16.6. The molecule has 1 N–H and O–H groups in total. The van der Waals surface area contributed by atoms with Crippen molar-refractivity contribution in [2.45, 2.75) is 31.4 Å². The van der Waals surface area contributed by atoms with Crippen LogP contribution in [0.4, 0.5) is 0 Å². The lowest BCUT2D eigenvalue weighted by Crippen LogP contribution is -2.40. The van der Waals surface area contributed by atoms with E-state index in [4.69, 9.17) is 9.47 Å². The highest BCUT2D eigenvalue weighted by atomic mass is 32.2. The minimum atomic E-state index is -3.56. The summed E-state index contributed by atoms with van der Waals surface area (Å²) in [5.74, 6) is -0.485. The number of rotatable bonds is 6. The summed E-state index contributed by atoms with van der Waals surface area (Å²) < 4.78 is 37.7. The van der Waals surface area contributed by atoms with Gasteiger partial charge in [-0.2, -0.15) is 0 Å². The lowest BCUT2D eigenvalue weighted by atomic mass is 9.88. The summed E-state index contributed by atoms with van der Waals surface area (Å²) >= 11 is 0. The second kappa shape index (κ2) is 5.81. The van der Waals surface area contributed by atoms with Crippen LogP contribution in [0.1, 0.15) is 25.0 Å². The molecule has 0 aromatic carbocycles. The van der Waals surface area contributed by atoms with Crippen LogP contribution in [0, 0.1) is 5.41 Å². The maximum atomic E-state index is 12.3. The Morgan fingerprint density at radius 1 is 1.43 bits per heavy atom. The molecule has 1 aromatic heterocycles. The summed E-state index contributed by atoms with van der Waals surface area (Å²) in [4.78, 5) is 19.8. The molecule has 1 aromatic rings. The van der Waals surface area contributed by atoms with Gasteiger partial charge in [0.1, 0.15) is 0 Å². The van der Waals surface area contributed by atoms with Crippen LogP contribution in [-0.2, 0) is 30.8 Å². The standard InChI is InChI=1S/C14H19N3O5S/c1-21-12(18)13-2-3-14(8-13,22-9-13)10-23(19,20)17-7-11-6-15-4-5-16-11/h4-6,17H,2-3,7-10H2,1H3. The van der Waals surface area contributed by atoms with Crippen molar-refractivity contribution >= 4 is 16.0 Å². The molecule has 9 heteroatoms. The molecule has 2 unspecified atom stereocenters. The van der Waals surface area contributed by atoms with Crippen LogP contribution in [0.5, 0.6) is 0 Å². The third kappa shape index (κ3) is 3.22. The molecule has 1 saturated carbocycles. The summed E-state index contributed by atoms with van der Waals surface area (Å²) in [6, 6.07) is 0. The third-order valence-electron chi connectivity index (χ3n) is 4.54. The van der Waals surface area contributed by atoms with Gasteiger partial charge in [0.2, 0.25) is 10.0 Å². The fourth-order valence-corrected chi connectivity index (χ4v) is 4.91. The van der Waals surface area contributed by atoms with E-state index in [1.165, 1.54) is 25.7 Å². The number of fused-ring (bicyclic) bond motifs is 2. The predicted molar refractivity (Wildman–Crippen MR) is 79.6 cm³/mol.